The van der Waals surface area contributed by atoms with Crippen molar-refractivity contribution < 1.29 is 0 Å². The molecule has 0 unspecified atom stereocenters. The molecule has 0 bridgehead atoms. The van der Waals surface area contributed by atoms with Crippen LogP contribution in [0.1, 0.15) is 12.0 Å². The molecule has 1 N–H and O–H groups in total. The Morgan fingerprint density at radius 2 is 1.80 bits per heavy atom. The Kier molecular flexibility index (Phi) is 4.46. The van der Waals surface area contributed by atoms with Gasteiger partial charge in [0.05, 0.1) is 15.7 Å². The molecule has 8 heteroatoms. The maximum absolute atomic E-state index is 6.28. The van der Waals surface area contributed by atoms with E-state index in [4.69, 9.17) is 23.2 Å². The van der Waals surface area contributed by atoms with E-state index in [1.165, 1.54) is 17.7 Å². The molecule has 6 nitrogen and oxygen atoms in total. The lowest BCUT2D eigenvalue weighted by Crippen LogP contribution is -2.37. The Morgan fingerprint density at radius 3 is 2.60 bits per heavy atom. The summed E-state index contributed by atoms with van der Waals surface area (Å²) in [5.74, 6) is 0.516. The highest BCUT2D eigenvalue weighted by Crippen LogP contribution is 2.30. The SMILES string of the molecule is Clc1cccc(-n2nnnc2NCc2ccccc2N2CCC2)c1Cl. The van der Waals surface area contributed by atoms with Crippen molar-refractivity contribution in [3.05, 3.63) is 58.1 Å². The first-order valence-electron chi connectivity index (χ1n) is 8.03. The van der Waals surface area contributed by atoms with Gasteiger partial charge < -0.3 is 10.2 Å². The number of hydrogen-bond donors (Lipinski definition) is 1. The van der Waals surface area contributed by atoms with Gasteiger partial charge in [0.15, 0.2) is 0 Å². The normalized spacial score (nSPS) is 13.6. The molecule has 3 aromatic rings. The van der Waals surface area contributed by atoms with E-state index in [1.54, 1.807) is 10.7 Å². The van der Waals surface area contributed by atoms with Crippen LogP contribution >= 0.6 is 23.2 Å². The van der Waals surface area contributed by atoms with Crippen molar-refractivity contribution in [2.75, 3.05) is 23.3 Å². The van der Waals surface area contributed by atoms with Gasteiger partial charge in [0, 0.05) is 25.3 Å². The maximum Gasteiger partial charge on any atom is 0.248 e. The highest BCUT2D eigenvalue weighted by atomic mass is 35.5. The Morgan fingerprint density at radius 1 is 1.00 bits per heavy atom. The van der Waals surface area contributed by atoms with Gasteiger partial charge in [-0.25, -0.2) is 0 Å². The lowest BCUT2D eigenvalue weighted by molar-refractivity contribution is 0.615. The highest BCUT2D eigenvalue weighted by Gasteiger charge is 2.18. The van der Waals surface area contributed by atoms with E-state index in [9.17, 15) is 0 Å². The van der Waals surface area contributed by atoms with Gasteiger partial charge >= 0.3 is 0 Å². The number of tetrazole rings is 1. The zero-order chi connectivity index (χ0) is 17.2. The van der Waals surface area contributed by atoms with Gasteiger partial charge in [0.2, 0.25) is 5.95 Å². The fraction of sp³-hybridized carbons (Fsp3) is 0.235. The molecule has 1 aromatic heterocycles. The first-order valence-corrected chi connectivity index (χ1v) is 8.79. The second kappa shape index (κ2) is 6.90. The van der Waals surface area contributed by atoms with E-state index >= 15 is 0 Å². The largest absolute Gasteiger partial charge is 0.371 e. The van der Waals surface area contributed by atoms with Crippen molar-refractivity contribution in [2.45, 2.75) is 13.0 Å². The van der Waals surface area contributed by atoms with Crippen LogP contribution in [0.3, 0.4) is 0 Å². The summed E-state index contributed by atoms with van der Waals surface area (Å²) >= 11 is 12.4. The summed E-state index contributed by atoms with van der Waals surface area (Å²) in [7, 11) is 0. The first kappa shape index (κ1) is 16.2. The van der Waals surface area contributed by atoms with Crippen LogP contribution in [0, 0.1) is 0 Å². The molecule has 1 aliphatic heterocycles. The molecule has 25 heavy (non-hydrogen) atoms. The van der Waals surface area contributed by atoms with Crippen LogP contribution in [-0.4, -0.2) is 33.3 Å². The van der Waals surface area contributed by atoms with Crippen LogP contribution in [0.4, 0.5) is 11.6 Å². The van der Waals surface area contributed by atoms with Crippen molar-refractivity contribution in [3.8, 4) is 5.69 Å². The van der Waals surface area contributed by atoms with Crippen molar-refractivity contribution >= 4 is 34.8 Å². The number of halogens is 2. The van der Waals surface area contributed by atoms with Crippen LogP contribution in [0.25, 0.3) is 5.69 Å². The van der Waals surface area contributed by atoms with Gasteiger partial charge in [-0.3, -0.25) is 0 Å². The van der Waals surface area contributed by atoms with Crippen molar-refractivity contribution in [1.82, 2.24) is 20.2 Å². The third kappa shape index (κ3) is 3.15. The highest BCUT2D eigenvalue weighted by molar-refractivity contribution is 6.43. The van der Waals surface area contributed by atoms with Crippen LogP contribution in [0.5, 0.6) is 0 Å². The zero-order valence-corrected chi connectivity index (χ0v) is 14.9. The summed E-state index contributed by atoms with van der Waals surface area (Å²) < 4.78 is 1.56. The summed E-state index contributed by atoms with van der Waals surface area (Å²) in [5, 5.41) is 16.0. The Bertz CT molecular complexity index is 890. The predicted molar refractivity (Wildman–Crippen MR) is 99.8 cm³/mol. The summed E-state index contributed by atoms with van der Waals surface area (Å²) in [6.45, 7) is 2.82. The van der Waals surface area contributed by atoms with E-state index in [0.717, 1.165) is 13.1 Å². The van der Waals surface area contributed by atoms with Crippen LogP contribution in [-0.2, 0) is 6.54 Å². The van der Waals surface area contributed by atoms with E-state index in [0.29, 0.717) is 28.2 Å². The second-order valence-corrected chi connectivity index (χ2v) is 6.60. The summed E-state index contributed by atoms with van der Waals surface area (Å²) in [4.78, 5) is 2.37. The minimum atomic E-state index is 0.417. The molecule has 0 radical (unpaired) electrons. The molecular weight excluding hydrogens is 359 g/mol. The quantitative estimate of drug-likeness (QED) is 0.735. The number of para-hydroxylation sites is 1. The van der Waals surface area contributed by atoms with Crippen molar-refractivity contribution in [3.63, 3.8) is 0 Å². The fourth-order valence-electron chi connectivity index (χ4n) is 2.82. The summed E-state index contributed by atoms with van der Waals surface area (Å²) in [6.07, 6.45) is 1.24. The van der Waals surface area contributed by atoms with E-state index in [-0.39, 0.29) is 0 Å². The Labute approximate surface area is 155 Å². The second-order valence-electron chi connectivity index (χ2n) is 5.81. The van der Waals surface area contributed by atoms with Gasteiger partial charge in [0.25, 0.3) is 0 Å². The molecule has 2 heterocycles. The minimum absolute atomic E-state index is 0.417. The third-order valence-electron chi connectivity index (χ3n) is 4.25. The van der Waals surface area contributed by atoms with Crippen LogP contribution in [0.2, 0.25) is 10.0 Å². The number of anilines is 2. The van der Waals surface area contributed by atoms with E-state index in [2.05, 4.69) is 43.9 Å². The number of rotatable bonds is 5. The standard InChI is InChI=1S/C17H16Cl2N6/c18-13-6-3-8-15(16(13)19)25-17(21-22-23-25)20-11-12-5-1-2-7-14(12)24-9-4-10-24/h1-3,5-8H,4,9-11H2,(H,20,21,23). The molecule has 0 aliphatic carbocycles. The average Bonchev–Trinajstić information content (AvgIpc) is 3.03. The third-order valence-corrected chi connectivity index (χ3v) is 5.06. The molecule has 0 atom stereocenters. The van der Waals surface area contributed by atoms with Gasteiger partial charge in [-0.1, -0.05) is 52.6 Å². The molecule has 0 spiro atoms. The number of hydrogen-bond acceptors (Lipinski definition) is 5. The van der Waals surface area contributed by atoms with Gasteiger partial charge in [-0.15, -0.1) is 0 Å². The van der Waals surface area contributed by atoms with E-state index in [1.807, 2.05) is 18.2 Å². The number of nitrogens with zero attached hydrogens (tertiary/aromatic N) is 5. The monoisotopic (exact) mass is 374 g/mol. The van der Waals surface area contributed by atoms with Gasteiger partial charge in [0.1, 0.15) is 0 Å². The minimum Gasteiger partial charge on any atom is -0.371 e. The first-order chi connectivity index (χ1) is 12.2. The van der Waals surface area contributed by atoms with Gasteiger partial charge in [-0.05, 0) is 40.6 Å². The number of aromatic nitrogens is 4. The zero-order valence-electron chi connectivity index (χ0n) is 13.4. The fourth-order valence-corrected chi connectivity index (χ4v) is 3.19. The molecule has 2 aromatic carbocycles. The molecule has 4 rings (SSSR count). The van der Waals surface area contributed by atoms with E-state index < -0.39 is 0 Å². The molecule has 1 aliphatic rings. The molecule has 0 amide bonds. The predicted octanol–water partition coefficient (Wildman–Crippen LogP) is 3.79. The maximum atomic E-state index is 6.28. The van der Waals surface area contributed by atoms with Crippen LogP contribution < -0.4 is 10.2 Å². The molecular formula is C17H16Cl2N6. The number of benzene rings is 2. The summed E-state index contributed by atoms with van der Waals surface area (Å²) in [6, 6.07) is 13.7. The average molecular weight is 375 g/mol. The lowest BCUT2D eigenvalue weighted by atomic mass is 10.1. The topological polar surface area (TPSA) is 58.9 Å². The molecule has 1 saturated heterocycles. The Hall–Kier alpha value is -2.31. The molecule has 1 fully saturated rings. The van der Waals surface area contributed by atoms with Crippen molar-refractivity contribution in [1.29, 1.82) is 0 Å². The number of nitrogens with one attached hydrogen (secondary N) is 1. The molecule has 128 valence electrons. The summed E-state index contributed by atoms with van der Waals surface area (Å²) in [5.41, 5.74) is 3.09. The molecule has 0 saturated carbocycles. The van der Waals surface area contributed by atoms with Crippen molar-refractivity contribution in [2.24, 2.45) is 0 Å². The van der Waals surface area contributed by atoms with Crippen LogP contribution in [0.15, 0.2) is 42.5 Å². The lowest BCUT2D eigenvalue weighted by Gasteiger charge is -2.34. The van der Waals surface area contributed by atoms with Gasteiger partial charge in [-0.2, -0.15) is 4.68 Å². The smallest absolute Gasteiger partial charge is 0.248 e. The Balaban J connectivity index is 1.58.